The van der Waals surface area contributed by atoms with Crippen LogP contribution in [0.4, 0.5) is 4.39 Å². The monoisotopic (exact) mass is 224 g/mol. The van der Waals surface area contributed by atoms with Crippen molar-refractivity contribution in [1.82, 2.24) is 0 Å². The lowest BCUT2D eigenvalue weighted by atomic mass is 10.0. The van der Waals surface area contributed by atoms with Crippen molar-refractivity contribution in [2.75, 3.05) is 0 Å². The molecule has 1 N–H and O–H groups in total. The molecule has 16 heavy (non-hydrogen) atoms. The summed E-state index contributed by atoms with van der Waals surface area (Å²) >= 11 is 0. The molecule has 86 valence electrons. The smallest absolute Gasteiger partial charge is 0.303 e. The average molecular weight is 224 g/mol. The third-order valence-corrected chi connectivity index (χ3v) is 2.29. The maximum Gasteiger partial charge on any atom is 0.303 e. The van der Waals surface area contributed by atoms with Gasteiger partial charge in [0.25, 0.3) is 0 Å². The number of carboxylic acids is 1. The Morgan fingerprint density at radius 1 is 1.31 bits per heavy atom. The van der Waals surface area contributed by atoms with Crippen molar-refractivity contribution in [1.29, 1.82) is 0 Å². The second-order valence-electron chi connectivity index (χ2n) is 3.63. The molecule has 0 saturated carbocycles. The van der Waals surface area contributed by atoms with Gasteiger partial charge < -0.3 is 5.11 Å². The standard InChI is InChI=1S/C12H13FO3/c1-8-5-6-9(13)7-10(8)11(14)3-2-4-12(15)16/h5-7H,2-4H2,1H3,(H,15,16). The highest BCUT2D eigenvalue weighted by molar-refractivity contribution is 5.97. The second kappa shape index (κ2) is 5.39. The average Bonchev–Trinajstić information content (AvgIpc) is 2.21. The molecule has 0 atom stereocenters. The number of carbonyl (C=O) groups excluding carboxylic acids is 1. The first-order chi connectivity index (χ1) is 7.50. The molecular weight excluding hydrogens is 211 g/mol. The van der Waals surface area contributed by atoms with Crippen molar-refractivity contribution in [2.45, 2.75) is 26.2 Å². The minimum absolute atomic E-state index is 0.0416. The Labute approximate surface area is 92.9 Å². The fourth-order valence-electron chi connectivity index (χ4n) is 1.43. The van der Waals surface area contributed by atoms with Gasteiger partial charge in [-0.2, -0.15) is 0 Å². The first-order valence-electron chi connectivity index (χ1n) is 5.02. The highest BCUT2D eigenvalue weighted by Gasteiger charge is 2.10. The number of benzene rings is 1. The quantitative estimate of drug-likeness (QED) is 0.782. The molecule has 1 aromatic carbocycles. The van der Waals surface area contributed by atoms with Gasteiger partial charge in [-0.3, -0.25) is 9.59 Å². The highest BCUT2D eigenvalue weighted by Crippen LogP contribution is 2.14. The minimum atomic E-state index is -0.927. The van der Waals surface area contributed by atoms with Crippen molar-refractivity contribution < 1.29 is 19.1 Å². The van der Waals surface area contributed by atoms with Crippen molar-refractivity contribution >= 4 is 11.8 Å². The van der Waals surface area contributed by atoms with Crippen LogP contribution in [0.25, 0.3) is 0 Å². The van der Waals surface area contributed by atoms with Gasteiger partial charge in [0.2, 0.25) is 0 Å². The summed E-state index contributed by atoms with van der Waals surface area (Å²) in [6, 6.07) is 4.03. The van der Waals surface area contributed by atoms with E-state index in [0.29, 0.717) is 11.1 Å². The Morgan fingerprint density at radius 3 is 2.62 bits per heavy atom. The number of aryl methyl sites for hydroxylation is 1. The number of carboxylic acid groups (broad SMARTS) is 1. The second-order valence-corrected chi connectivity index (χ2v) is 3.63. The van der Waals surface area contributed by atoms with Gasteiger partial charge in [0, 0.05) is 18.4 Å². The van der Waals surface area contributed by atoms with Crippen LogP contribution in [0.3, 0.4) is 0 Å². The summed E-state index contributed by atoms with van der Waals surface area (Å²) in [4.78, 5) is 21.9. The lowest BCUT2D eigenvalue weighted by molar-refractivity contribution is -0.137. The van der Waals surface area contributed by atoms with Gasteiger partial charge in [-0.05, 0) is 31.0 Å². The van der Waals surface area contributed by atoms with Crippen molar-refractivity contribution in [2.24, 2.45) is 0 Å². The SMILES string of the molecule is Cc1ccc(F)cc1C(=O)CCCC(=O)O. The van der Waals surface area contributed by atoms with Gasteiger partial charge in [-0.25, -0.2) is 4.39 Å². The summed E-state index contributed by atoms with van der Waals surface area (Å²) in [6.45, 7) is 1.73. The third kappa shape index (κ3) is 3.46. The molecule has 0 aliphatic heterocycles. The van der Waals surface area contributed by atoms with Gasteiger partial charge in [0.05, 0.1) is 0 Å². The lowest BCUT2D eigenvalue weighted by Gasteiger charge is -2.04. The highest BCUT2D eigenvalue weighted by atomic mass is 19.1. The predicted molar refractivity (Wildman–Crippen MR) is 57.0 cm³/mol. The molecule has 0 aliphatic carbocycles. The van der Waals surface area contributed by atoms with Crippen LogP contribution in [0.2, 0.25) is 0 Å². The van der Waals surface area contributed by atoms with Crippen molar-refractivity contribution in [3.8, 4) is 0 Å². The van der Waals surface area contributed by atoms with E-state index < -0.39 is 11.8 Å². The molecule has 0 unspecified atom stereocenters. The Balaban J connectivity index is 2.65. The van der Waals surface area contributed by atoms with E-state index in [1.165, 1.54) is 12.1 Å². The third-order valence-electron chi connectivity index (χ3n) is 2.29. The van der Waals surface area contributed by atoms with Crippen LogP contribution in [0.1, 0.15) is 35.2 Å². The molecule has 1 rings (SSSR count). The van der Waals surface area contributed by atoms with Gasteiger partial charge in [0.15, 0.2) is 5.78 Å². The van der Waals surface area contributed by atoms with E-state index in [1.54, 1.807) is 13.0 Å². The van der Waals surface area contributed by atoms with Crippen LogP contribution < -0.4 is 0 Å². The summed E-state index contributed by atoms with van der Waals surface area (Å²) in [7, 11) is 0. The molecule has 4 heteroatoms. The van der Waals surface area contributed by atoms with E-state index in [-0.39, 0.29) is 25.0 Å². The van der Waals surface area contributed by atoms with Crippen LogP contribution in [-0.4, -0.2) is 16.9 Å². The summed E-state index contributed by atoms with van der Waals surface area (Å²) in [5.41, 5.74) is 1.05. The molecule has 0 bridgehead atoms. The first kappa shape index (κ1) is 12.4. The number of halogens is 1. The zero-order valence-corrected chi connectivity index (χ0v) is 9.00. The van der Waals surface area contributed by atoms with Crippen molar-refractivity contribution in [3.05, 3.63) is 35.1 Å². The Morgan fingerprint density at radius 2 is 2.00 bits per heavy atom. The van der Waals surface area contributed by atoms with Gasteiger partial charge in [-0.15, -0.1) is 0 Å². The van der Waals surface area contributed by atoms with E-state index in [0.717, 1.165) is 0 Å². The summed E-state index contributed by atoms with van der Waals surface area (Å²) in [5, 5.41) is 8.42. The maximum atomic E-state index is 12.9. The molecule has 0 aromatic heterocycles. The molecule has 0 amide bonds. The molecule has 0 spiro atoms. The fourth-order valence-corrected chi connectivity index (χ4v) is 1.43. The lowest BCUT2D eigenvalue weighted by Crippen LogP contribution is -2.04. The van der Waals surface area contributed by atoms with E-state index in [9.17, 15) is 14.0 Å². The van der Waals surface area contributed by atoms with E-state index in [2.05, 4.69) is 0 Å². The summed E-state index contributed by atoms with van der Waals surface area (Å²) < 4.78 is 12.9. The number of carbonyl (C=O) groups is 2. The summed E-state index contributed by atoms with van der Waals surface area (Å²) in [5.74, 6) is -1.59. The van der Waals surface area contributed by atoms with Crippen LogP contribution in [-0.2, 0) is 4.79 Å². The molecule has 0 aliphatic rings. The predicted octanol–water partition coefficient (Wildman–Crippen LogP) is 2.57. The van der Waals surface area contributed by atoms with Gasteiger partial charge >= 0.3 is 5.97 Å². The normalized spacial score (nSPS) is 10.1. The Bertz CT molecular complexity index is 413. The number of hydrogen-bond acceptors (Lipinski definition) is 2. The van der Waals surface area contributed by atoms with Crippen molar-refractivity contribution in [3.63, 3.8) is 0 Å². The van der Waals surface area contributed by atoms with Gasteiger partial charge in [-0.1, -0.05) is 6.07 Å². The van der Waals surface area contributed by atoms with E-state index in [4.69, 9.17) is 5.11 Å². The van der Waals surface area contributed by atoms with E-state index in [1.807, 2.05) is 0 Å². The topological polar surface area (TPSA) is 54.4 Å². The van der Waals surface area contributed by atoms with Crippen LogP contribution in [0.15, 0.2) is 18.2 Å². The summed E-state index contributed by atoms with van der Waals surface area (Å²) in [6.07, 6.45) is 0.376. The number of hydrogen-bond donors (Lipinski definition) is 1. The largest absolute Gasteiger partial charge is 0.481 e. The number of ketones is 1. The molecule has 1 aromatic rings. The molecule has 0 heterocycles. The zero-order valence-electron chi connectivity index (χ0n) is 9.00. The van der Waals surface area contributed by atoms with Crippen LogP contribution in [0.5, 0.6) is 0 Å². The minimum Gasteiger partial charge on any atom is -0.481 e. The zero-order chi connectivity index (χ0) is 12.1. The number of aliphatic carboxylic acids is 1. The molecule has 0 radical (unpaired) electrons. The van der Waals surface area contributed by atoms with Crippen LogP contribution in [0, 0.1) is 12.7 Å². The molecule has 3 nitrogen and oxygen atoms in total. The van der Waals surface area contributed by atoms with Crippen LogP contribution >= 0.6 is 0 Å². The number of rotatable bonds is 5. The first-order valence-corrected chi connectivity index (χ1v) is 5.02. The Hall–Kier alpha value is -1.71. The molecule has 0 saturated heterocycles. The maximum absolute atomic E-state index is 12.9. The Kier molecular flexibility index (Phi) is 4.17. The fraction of sp³-hybridized carbons (Fsp3) is 0.333. The molecular formula is C12H13FO3. The van der Waals surface area contributed by atoms with E-state index >= 15 is 0 Å². The van der Waals surface area contributed by atoms with Gasteiger partial charge in [0.1, 0.15) is 5.82 Å². The number of Topliss-reactive ketones (excluding diaryl/α,β-unsaturated/α-hetero) is 1. The molecule has 0 fully saturated rings.